The number of aryl methyl sites for hydroxylation is 1. The number of nitrogens with one attached hydrogen (secondary N) is 1. The van der Waals surface area contributed by atoms with Crippen molar-refractivity contribution in [2.24, 2.45) is 0 Å². The van der Waals surface area contributed by atoms with Crippen molar-refractivity contribution in [1.82, 2.24) is 15.0 Å². The van der Waals surface area contributed by atoms with Crippen molar-refractivity contribution in [3.05, 3.63) is 46.5 Å². The van der Waals surface area contributed by atoms with Crippen LogP contribution in [0.3, 0.4) is 0 Å². The van der Waals surface area contributed by atoms with Crippen LogP contribution in [-0.2, 0) is 4.74 Å². The van der Waals surface area contributed by atoms with Crippen LogP contribution in [0.2, 0.25) is 5.15 Å². The van der Waals surface area contributed by atoms with E-state index in [1.807, 2.05) is 19.9 Å². The summed E-state index contributed by atoms with van der Waals surface area (Å²) in [6, 6.07) is 6.35. The summed E-state index contributed by atoms with van der Waals surface area (Å²) in [5.41, 5.74) is 3.42. The molecule has 9 heteroatoms. The molecule has 7 nitrogen and oxygen atoms in total. The van der Waals surface area contributed by atoms with E-state index in [-0.39, 0.29) is 17.9 Å². The lowest BCUT2D eigenvalue weighted by Gasteiger charge is -2.39. The Balaban J connectivity index is 1.57. The van der Waals surface area contributed by atoms with Gasteiger partial charge in [-0.05, 0) is 32.0 Å². The number of pyridine rings is 1. The molecule has 1 saturated heterocycles. The normalized spacial score (nSPS) is 19.1. The molecule has 1 aromatic carbocycles. The molecule has 30 heavy (non-hydrogen) atoms. The van der Waals surface area contributed by atoms with Crippen LogP contribution in [0.25, 0.3) is 11.0 Å². The fraction of sp³-hybridized carbons (Fsp3) is 0.381. The summed E-state index contributed by atoms with van der Waals surface area (Å²) in [5.74, 6) is 0.758. The van der Waals surface area contributed by atoms with E-state index < -0.39 is 0 Å². The first kappa shape index (κ1) is 19.3. The number of ether oxygens (including phenoxy) is 2. The van der Waals surface area contributed by atoms with Crippen LogP contribution in [0.1, 0.15) is 24.2 Å². The molecule has 3 aromatic rings. The molecule has 0 aliphatic carbocycles. The number of anilines is 2. The second kappa shape index (κ2) is 7.52. The smallest absolute Gasteiger partial charge is 0.258 e. The summed E-state index contributed by atoms with van der Waals surface area (Å²) >= 11 is 5.96. The average molecular weight is 430 g/mol. The molecule has 1 fully saturated rings. The fourth-order valence-electron chi connectivity index (χ4n) is 3.98. The van der Waals surface area contributed by atoms with Crippen LogP contribution < -0.4 is 15.0 Å². The van der Waals surface area contributed by atoms with Crippen LogP contribution >= 0.6 is 11.6 Å². The summed E-state index contributed by atoms with van der Waals surface area (Å²) in [5, 5.41) is 3.82. The lowest BCUT2D eigenvalue weighted by atomic mass is 10.0. The highest BCUT2D eigenvalue weighted by molar-refractivity contribution is 6.29. The SMILES string of the molecule is Cc1nc(Cl)ccc1N[C@H](C)c1cc(F)cc2nc3c(nc12)N1CCOC[C@H]1CO3. The number of nitrogens with zero attached hydrogens (tertiary/aromatic N) is 4. The molecule has 0 amide bonds. The molecule has 0 spiro atoms. The monoisotopic (exact) mass is 429 g/mol. The van der Waals surface area contributed by atoms with Crippen LogP contribution in [-0.4, -0.2) is 47.4 Å². The first-order chi connectivity index (χ1) is 14.5. The second-order valence-electron chi connectivity index (χ2n) is 7.58. The maximum Gasteiger partial charge on any atom is 0.258 e. The zero-order valence-electron chi connectivity index (χ0n) is 16.7. The lowest BCUT2D eigenvalue weighted by molar-refractivity contribution is 0.0686. The Morgan fingerprint density at radius 3 is 2.93 bits per heavy atom. The molecule has 5 rings (SSSR count). The van der Waals surface area contributed by atoms with Gasteiger partial charge in [-0.2, -0.15) is 0 Å². The lowest BCUT2D eigenvalue weighted by Crippen LogP contribution is -2.51. The molecule has 0 unspecified atom stereocenters. The van der Waals surface area contributed by atoms with Crippen molar-refractivity contribution in [1.29, 1.82) is 0 Å². The van der Waals surface area contributed by atoms with E-state index in [0.29, 0.717) is 53.3 Å². The minimum atomic E-state index is -0.369. The number of aromatic nitrogens is 3. The third kappa shape index (κ3) is 3.40. The molecule has 2 aliphatic rings. The summed E-state index contributed by atoms with van der Waals surface area (Å²) in [4.78, 5) is 15.9. The Hall–Kier alpha value is -2.71. The van der Waals surface area contributed by atoms with Gasteiger partial charge in [0.05, 0.1) is 47.7 Å². The Morgan fingerprint density at radius 2 is 2.10 bits per heavy atom. The van der Waals surface area contributed by atoms with E-state index in [9.17, 15) is 4.39 Å². The van der Waals surface area contributed by atoms with E-state index in [0.717, 1.165) is 17.9 Å². The quantitative estimate of drug-likeness (QED) is 0.633. The van der Waals surface area contributed by atoms with Gasteiger partial charge in [0.2, 0.25) is 0 Å². The first-order valence-corrected chi connectivity index (χ1v) is 10.3. The predicted molar refractivity (Wildman–Crippen MR) is 113 cm³/mol. The Bertz CT molecular complexity index is 1130. The van der Waals surface area contributed by atoms with Gasteiger partial charge in [0, 0.05) is 18.2 Å². The third-order valence-corrected chi connectivity index (χ3v) is 5.73. The molecule has 1 N–H and O–H groups in total. The average Bonchev–Trinajstić information content (AvgIpc) is 2.73. The minimum Gasteiger partial charge on any atom is -0.473 e. The maximum absolute atomic E-state index is 14.4. The molecule has 2 aromatic heterocycles. The van der Waals surface area contributed by atoms with Gasteiger partial charge in [0.15, 0.2) is 5.82 Å². The van der Waals surface area contributed by atoms with Gasteiger partial charge in [-0.25, -0.2) is 19.3 Å². The van der Waals surface area contributed by atoms with Gasteiger partial charge in [0.25, 0.3) is 5.88 Å². The summed E-state index contributed by atoms with van der Waals surface area (Å²) in [6.45, 7) is 6.26. The Morgan fingerprint density at radius 1 is 1.23 bits per heavy atom. The summed E-state index contributed by atoms with van der Waals surface area (Å²) in [7, 11) is 0. The van der Waals surface area contributed by atoms with Gasteiger partial charge in [-0.15, -0.1) is 0 Å². The van der Waals surface area contributed by atoms with Crippen LogP contribution in [0.15, 0.2) is 24.3 Å². The number of halogens is 2. The third-order valence-electron chi connectivity index (χ3n) is 5.52. The zero-order valence-corrected chi connectivity index (χ0v) is 17.4. The number of morpholine rings is 1. The van der Waals surface area contributed by atoms with E-state index in [4.69, 9.17) is 26.1 Å². The predicted octanol–water partition coefficient (Wildman–Crippen LogP) is 3.90. The van der Waals surface area contributed by atoms with Crippen molar-refractivity contribution in [2.45, 2.75) is 25.9 Å². The molecule has 0 saturated carbocycles. The molecule has 4 heterocycles. The van der Waals surface area contributed by atoms with Gasteiger partial charge in [-0.3, -0.25) is 0 Å². The maximum atomic E-state index is 14.4. The topological polar surface area (TPSA) is 72.4 Å². The van der Waals surface area contributed by atoms with Crippen molar-refractivity contribution in [2.75, 3.05) is 36.6 Å². The van der Waals surface area contributed by atoms with Crippen LogP contribution in [0, 0.1) is 12.7 Å². The molecule has 2 aliphatic heterocycles. The highest BCUT2D eigenvalue weighted by Crippen LogP contribution is 2.36. The van der Waals surface area contributed by atoms with E-state index in [1.165, 1.54) is 12.1 Å². The van der Waals surface area contributed by atoms with Gasteiger partial charge in [-0.1, -0.05) is 11.6 Å². The standard InChI is InChI=1S/C21H21ClFN5O2/c1-11(24-16-3-4-18(22)25-12(16)2)15-7-13(23)8-17-19(15)27-20-21(26-17)30-10-14-9-29-6-5-28(14)20/h3-4,7-8,11,14,24H,5-6,9-10H2,1-2H3/t11-,14+/m1/s1. The number of hydrogen-bond acceptors (Lipinski definition) is 7. The largest absolute Gasteiger partial charge is 0.473 e. The van der Waals surface area contributed by atoms with E-state index >= 15 is 0 Å². The molecule has 2 atom stereocenters. The van der Waals surface area contributed by atoms with Gasteiger partial charge >= 0.3 is 0 Å². The number of rotatable bonds is 3. The fourth-order valence-corrected chi connectivity index (χ4v) is 4.17. The van der Waals surface area contributed by atoms with E-state index in [1.54, 1.807) is 6.07 Å². The Labute approximate surface area is 178 Å². The van der Waals surface area contributed by atoms with Crippen LogP contribution in [0.5, 0.6) is 5.88 Å². The molecule has 0 bridgehead atoms. The van der Waals surface area contributed by atoms with Crippen molar-refractivity contribution in [3.8, 4) is 5.88 Å². The number of benzene rings is 1. The molecular weight excluding hydrogens is 409 g/mol. The van der Waals surface area contributed by atoms with E-state index in [2.05, 4.69) is 20.2 Å². The molecular formula is C21H21ClFN5O2. The molecule has 156 valence electrons. The van der Waals surface area contributed by atoms with Gasteiger partial charge < -0.3 is 19.7 Å². The van der Waals surface area contributed by atoms with Crippen molar-refractivity contribution in [3.63, 3.8) is 0 Å². The number of fused-ring (bicyclic) bond motifs is 4. The van der Waals surface area contributed by atoms with Crippen molar-refractivity contribution < 1.29 is 13.9 Å². The highest BCUT2D eigenvalue weighted by atomic mass is 35.5. The number of hydrogen-bond donors (Lipinski definition) is 1. The first-order valence-electron chi connectivity index (χ1n) is 9.87. The highest BCUT2D eigenvalue weighted by Gasteiger charge is 2.33. The molecule has 0 radical (unpaired) electrons. The van der Waals surface area contributed by atoms with Gasteiger partial charge in [0.1, 0.15) is 17.6 Å². The van der Waals surface area contributed by atoms with Crippen LogP contribution in [0.4, 0.5) is 15.9 Å². The van der Waals surface area contributed by atoms with Crippen molar-refractivity contribution >= 4 is 34.1 Å². The summed E-state index contributed by atoms with van der Waals surface area (Å²) < 4.78 is 25.8. The second-order valence-corrected chi connectivity index (χ2v) is 7.97. The minimum absolute atomic E-state index is 0.111. The summed E-state index contributed by atoms with van der Waals surface area (Å²) in [6.07, 6.45) is 0. The Kier molecular flexibility index (Phi) is 4.83. The zero-order chi connectivity index (χ0) is 20.8.